The number of urea groups is 1. The first-order chi connectivity index (χ1) is 9.69. The molecule has 1 heterocycles. The first kappa shape index (κ1) is 14.0. The van der Waals surface area contributed by atoms with Gasteiger partial charge in [0.25, 0.3) is 0 Å². The Hall–Kier alpha value is -2.43. The summed E-state index contributed by atoms with van der Waals surface area (Å²) in [5.41, 5.74) is 0.637. The molecule has 1 atom stereocenters. The molecule has 2 rings (SSSR count). The average Bonchev–Trinajstić information content (AvgIpc) is 2.91. The molecule has 0 unspecified atom stereocenters. The van der Waals surface area contributed by atoms with Gasteiger partial charge >= 0.3 is 6.03 Å². The SMILES string of the molecule is COc1ccccc1NC(=O)N[C@H](C)Cc1ccco1. The molecule has 0 fully saturated rings. The van der Waals surface area contributed by atoms with Gasteiger partial charge in [0.2, 0.25) is 0 Å². The Morgan fingerprint density at radius 1 is 1.30 bits per heavy atom. The summed E-state index contributed by atoms with van der Waals surface area (Å²) in [6.45, 7) is 1.92. The lowest BCUT2D eigenvalue weighted by atomic mass is 10.2. The second kappa shape index (κ2) is 6.65. The van der Waals surface area contributed by atoms with E-state index in [-0.39, 0.29) is 12.1 Å². The molecule has 106 valence electrons. The van der Waals surface area contributed by atoms with Gasteiger partial charge < -0.3 is 19.8 Å². The van der Waals surface area contributed by atoms with Gasteiger partial charge in [-0.05, 0) is 31.2 Å². The fraction of sp³-hybridized carbons (Fsp3) is 0.267. The Morgan fingerprint density at radius 3 is 2.80 bits per heavy atom. The Balaban J connectivity index is 1.88. The van der Waals surface area contributed by atoms with E-state index in [9.17, 15) is 4.79 Å². The van der Waals surface area contributed by atoms with Gasteiger partial charge in [-0.1, -0.05) is 12.1 Å². The van der Waals surface area contributed by atoms with Crippen molar-refractivity contribution < 1.29 is 13.9 Å². The molecule has 0 aliphatic carbocycles. The van der Waals surface area contributed by atoms with Crippen molar-refractivity contribution in [1.29, 1.82) is 0 Å². The van der Waals surface area contributed by atoms with Crippen LogP contribution in [0, 0.1) is 0 Å². The van der Waals surface area contributed by atoms with Gasteiger partial charge in [0, 0.05) is 12.5 Å². The van der Waals surface area contributed by atoms with E-state index in [1.165, 1.54) is 0 Å². The highest BCUT2D eigenvalue weighted by molar-refractivity contribution is 5.91. The number of carbonyl (C=O) groups is 1. The predicted molar refractivity (Wildman–Crippen MR) is 77.0 cm³/mol. The maximum absolute atomic E-state index is 11.9. The third-order valence-electron chi connectivity index (χ3n) is 2.82. The molecule has 20 heavy (non-hydrogen) atoms. The summed E-state index contributed by atoms with van der Waals surface area (Å²) in [4.78, 5) is 11.9. The van der Waals surface area contributed by atoms with E-state index < -0.39 is 0 Å². The fourth-order valence-electron chi connectivity index (χ4n) is 1.91. The van der Waals surface area contributed by atoms with Crippen LogP contribution in [0.5, 0.6) is 5.75 Å². The molecule has 1 aromatic heterocycles. The lowest BCUT2D eigenvalue weighted by Gasteiger charge is -2.15. The van der Waals surface area contributed by atoms with Gasteiger partial charge in [-0.3, -0.25) is 0 Å². The highest BCUT2D eigenvalue weighted by Crippen LogP contribution is 2.22. The smallest absolute Gasteiger partial charge is 0.319 e. The molecular formula is C15H18N2O3. The van der Waals surface area contributed by atoms with Crippen LogP contribution in [0.3, 0.4) is 0 Å². The highest BCUT2D eigenvalue weighted by Gasteiger charge is 2.11. The molecule has 0 radical (unpaired) electrons. The average molecular weight is 274 g/mol. The molecule has 0 aliphatic heterocycles. The number of anilines is 1. The second-order valence-electron chi connectivity index (χ2n) is 4.48. The molecule has 0 aliphatic rings. The highest BCUT2D eigenvalue weighted by atomic mass is 16.5. The fourth-order valence-corrected chi connectivity index (χ4v) is 1.91. The molecule has 5 nitrogen and oxygen atoms in total. The zero-order valence-electron chi connectivity index (χ0n) is 11.6. The van der Waals surface area contributed by atoms with Crippen molar-refractivity contribution >= 4 is 11.7 Å². The van der Waals surface area contributed by atoms with Crippen LogP contribution in [-0.4, -0.2) is 19.2 Å². The number of nitrogens with one attached hydrogen (secondary N) is 2. The lowest BCUT2D eigenvalue weighted by molar-refractivity contribution is 0.248. The molecule has 0 spiro atoms. The summed E-state index contributed by atoms with van der Waals surface area (Å²) in [5, 5.41) is 5.62. The van der Waals surface area contributed by atoms with Gasteiger partial charge in [0.05, 0.1) is 19.1 Å². The van der Waals surface area contributed by atoms with Crippen LogP contribution < -0.4 is 15.4 Å². The third kappa shape index (κ3) is 3.78. The summed E-state index contributed by atoms with van der Waals surface area (Å²) in [7, 11) is 1.57. The normalized spacial score (nSPS) is 11.7. The number of hydrogen-bond donors (Lipinski definition) is 2. The molecule has 0 saturated carbocycles. The first-order valence-electron chi connectivity index (χ1n) is 6.42. The Labute approximate surface area is 117 Å². The van der Waals surface area contributed by atoms with E-state index in [2.05, 4.69) is 10.6 Å². The van der Waals surface area contributed by atoms with Gasteiger partial charge in [0.15, 0.2) is 0 Å². The predicted octanol–water partition coefficient (Wildman–Crippen LogP) is 3.04. The van der Waals surface area contributed by atoms with Crippen molar-refractivity contribution in [2.75, 3.05) is 12.4 Å². The summed E-state index contributed by atoms with van der Waals surface area (Å²) in [5.74, 6) is 1.47. The zero-order valence-corrected chi connectivity index (χ0v) is 11.6. The number of benzene rings is 1. The maximum atomic E-state index is 11.9. The zero-order chi connectivity index (χ0) is 14.4. The van der Waals surface area contributed by atoms with E-state index >= 15 is 0 Å². The van der Waals surface area contributed by atoms with E-state index in [1.807, 2.05) is 31.2 Å². The summed E-state index contributed by atoms with van der Waals surface area (Å²) >= 11 is 0. The van der Waals surface area contributed by atoms with Crippen LogP contribution in [-0.2, 0) is 6.42 Å². The quantitative estimate of drug-likeness (QED) is 0.880. The van der Waals surface area contributed by atoms with Crippen molar-refractivity contribution in [2.45, 2.75) is 19.4 Å². The van der Waals surface area contributed by atoms with Gasteiger partial charge in [-0.15, -0.1) is 0 Å². The number of carbonyl (C=O) groups excluding carboxylic acids is 1. The largest absolute Gasteiger partial charge is 0.495 e. The minimum atomic E-state index is -0.270. The van der Waals surface area contributed by atoms with Crippen molar-refractivity contribution in [2.24, 2.45) is 0 Å². The van der Waals surface area contributed by atoms with Crippen molar-refractivity contribution in [3.8, 4) is 5.75 Å². The monoisotopic (exact) mass is 274 g/mol. The summed E-state index contributed by atoms with van der Waals surface area (Å²) in [6.07, 6.45) is 2.27. The molecule has 2 N–H and O–H groups in total. The first-order valence-corrected chi connectivity index (χ1v) is 6.42. The van der Waals surface area contributed by atoms with Crippen molar-refractivity contribution in [3.05, 3.63) is 48.4 Å². The van der Waals surface area contributed by atoms with Crippen LogP contribution in [0.15, 0.2) is 47.1 Å². The Kier molecular flexibility index (Phi) is 4.65. The Bertz CT molecular complexity index is 552. The van der Waals surface area contributed by atoms with Gasteiger partial charge in [0.1, 0.15) is 11.5 Å². The van der Waals surface area contributed by atoms with Gasteiger partial charge in [-0.25, -0.2) is 4.79 Å². The Morgan fingerprint density at radius 2 is 2.10 bits per heavy atom. The number of ether oxygens (including phenoxy) is 1. The van der Waals surface area contributed by atoms with E-state index in [0.717, 1.165) is 5.76 Å². The topological polar surface area (TPSA) is 63.5 Å². The minimum Gasteiger partial charge on any atom is -0.495 e. The number of para-hydroxylation sites is 2. The molecule has 1 aromatic carbocycles. The molecule has 2 amide bonds. The summed E-state index contributed by atoms with van der Waals surface area (Å²) in [6, 6.07) is 10.7. The van der Waals surface area contributed by atoms with E-state index in [0.29, 0.717) is 17.9 Å². The van der Waals surface area contributed by atoms with Crippen LogP contribution in [0.1, 0.15) is 12.7 Å². The molecule has 5 heteroatoms. The van der Waals surface area contributed by atoms with Crippen LogP contribution >= 0.6 is 0 Å². The van der Waals surface area contributed by atoms with Crippen LogP contribution in [0.25, 0.3) is 0 Å². The number of methoxy groups -OCH3 is 1. The van der Waals surface area contributed by atoms with Crippen molar-refractivity contribution in [1.82, 2.24) is 5.32 Å². The number of rotatable bonds is 5. The third-order valence-corrected chi connectivity index (χ3v) is 2.82. The van der Waals surface area contributed by atoms with Crippen LogP contribution in [0.4, 0.5) is 10.5 Å². The van der Waals surface area contributed by atoms with E-state index in [1.54, 1.807) is 25.5 Å². The van der Waals surface area contributed by atoms with Crippen molar-refractivity contribution in [3.63, 3.8) is 0 Å². The standard InChI is InChI=1S/C15H18N2O3/c1-11(10-12-6-5-9-20-12)16-15(18)17-13-7-3-4-8-14(13)19-2/h3-9,11H,10H2,1-2H3,(H2,16,17,18)/t11-/m1/s1. The lowest BCUT2D eigenvalue weighted by Crippen LogP contribution is -2.37. The number of hydrogen-bond acceptors (Lipinski definition) is 3. The molecule has 2 aromatic rings. The molecule has 0 saturated heterocycles. The molecule has 0 bridgehead atoms. The number of furan rings is 1. The molecular weight excluding hydrogens is 256 g/mol. The maximum Gasteiger partial charge on any atom is 0.319 e. The second-order valence-corrected chi connectivity index (χ2v) is 4.48. The number of amides is 2. The van der Waals surface area contributed by atoms with Gasteiger partial charge in [-0.2, -0.15) is 0 Å². The minimum absolute atomic E-state index is 0.0316. The van der Waals surface area contributed by atoms with E-state index in [4.69, 9.17) is 9.15 Å². The summed E-state index contributed by atoms with van der Waals surface area (Å²) < 4.78 is 10.4. The van der Waals surface area contributed by atoms with Crippen LogP contribution in [0.2, 0.25) is 0 Å².